The summed E-state index contributed by atoms with van der Waals surface area (Å²) in [6, 6.07) is 7.55. The van der Waals surface area contributed by atoms with Crippen LogP contribution in [0.5, 0.6) is 0 Å². The van der Waals surface area contributed by atoms with E-state index in [1.807, 2.05) is 25.2 Å². The number of rotatable bonds is 3. The van der Waals surface area contributed by atoms with Gasteiger partial charge in [0, 0.05) is 25.3 Å². The minimum atomic E-state index is -0.324. The predicted molar refractivity (Wildman–Crippen MR) is 73.5 cm³/mol. The van der Waals surface area contributed by atoms with Crippen molar-refractivity contribution in [2.45, 2.75) is 6.04 Å². The summed E-state index contributed by atoms with van der Waals surface area (Å²) in [7, 11) is 3.40. The molecule has 0 aromatic heterocycles. The summed E-state index contributed by atoms with van der Waals surface area (Å²) in [5.74, 6) is -0.324. The molecule has 1 aliphatic heterocycles. The van der Waals surface area contributed by atoms with Gasteiger partial charge in [0.2, 0.25) is 0 Å². The average molecular weight is 264 g/mol. The van der Waals surface area contributed by atoms with E-state index in [4.69, 9.17) is 4.74 Å². The van der Waals surface area contributed by atoms with Gasteiger partial charge in [0.05, 0.1) is 25.3 Å². The molecule has 104 valence electrons. The molecule has 5 nitrogen and oxygen atoms in total. The van der Waals surface area contributed by atoms with Crippen LogP contribution in [-0.4, -0.2) is 62.4 Å². The second kappa shape index (κ2) is 6.04. The van der Waals surface area contributed by atoms with Crippen LogP contribution < -0.4 is 4.90 Å². The molecule has 1 saturated heterocycles. The number of carbonyl (C=O) groups is 1. The number of piperazine rings is 1. The molecule has 0 bridgehead atoms. The quantitative estimate of drug-likeness (QED) is 0.810. The first-order chi connectivity index (χ1) is 9.15. The maximum Gasteiger partial charge on any atom is 0.337 e. The first-order valence-electron chi connectivity index (χ1n) is 6.40. The molecule has 1 fully saturated rings. The minimum Gasteiger partial charge on any atom is -0.465 e. The highest BCUT2D eigenvalue weighted by atomic mass is 16.5. The Balaban J connectivity index is 2.15. The number of carbonyl (C=O) groups excluding carboxylic acids is 1. The van der Waals surface area contributed by atoms with Gasteiger partial charge in [0.25, 0.3) is 0 Å². The molecule has 0 spiro atoms. The summed E-state index contributed by atoms with van der Waals surface area (Å²) < 4.78 is 4.73. The molecule has 1 unspecified atom stereocenters. The van der Waals surface area contributed by atoms with Crippen LogP contribution in [0.25, 0.3) is 0 Å². The highest BCUT2D eigenvalue weighted by Crippen LogP contribution is 2.20. The summed E-state index contributed by atoms with van der Waals surface area (Å²) in [5, 5.41) is 9.36. The number of benzene rings is 1. The van der Waals surface area contributed by atoms with Crippen molar-refractivity contribution in [3.63, 3.8) is 0 Å². The largest absolute Gasteiger partial charge is 0.465 e. The van der Waals surface area contributed by atoms with Crippen molar-refractivity contribution in [2.24, 2.45) is 0 Å². The summed E-state index contributed by atoms with van der Waals surface area (Å²) in [6.45, 7) is 2.69. The first-order valence-corrected chi connectivity index (χ1v) is 6.40. The molecule has 0 saturated carbocycles. The fourth-order valence-electron chi connectivity index (χ4n) is 2.33. The lowest BCUT2D eigenvalue weighted by Gasteiger charge is -2.39. The Labute approximate surface area is 113 Å². The second-order valence-corrected chi connectivity index (χ2v) is 4.80. The van der Waals surface area contributed by atoms with Gasteiger partial charge in [-0.15, -0.1) is 0 Å². The Hall–Kier alpha value is -1.59. The molecule has 19 heavy (non-hydrogen) atoms. The molecule has 1 aromatic rings. The van der Waals surface area contributed by atoms with Gasteiger partial charge in [-0.05, 0) is 25.2 Å². The van der Waals surface area contributed by atoms with Crippen LogP contribution in [0.2, 0.25) is 0 Å². The van der Waals surface area contributed by atoms with Gasteiger partial charge >= 0.3 is 5.97 Å². The molecule has 0 aliphatic carbocycles. The van der Waals surface area contributed by atoms with Crippen LogP contribution in [0.1, 0.15) is 10.4 Å². The minimum absolute atomic E-state index is 0.135. The van der Waals surface area contributed by atoms with Gasteiger partial charge in [0.1, 0.15) is 0 Å². The number of nitrogens with zero attached hydrogens (tertiary/aromatic N) is 2. The smallest absolute Gasteiger partial charge is 0.337 e. The number of aliphatic hydroxyl groups is 1. The maximum absolute atomic E-state index is 11.5. The van der Waals surface area contributed by atoms with Crippen molar-refractivity contribution in [1.29, 1.82) is 0 Å². The zero-order valence-electron chi connectivity index (χ0n) is 11.4. The van der Waals surface area contributed by atoms with E-state index < -0.39 is 0 Å². The lowest BCUT2D eigenvalue weighted by Crippen LogP contribution is -2.53. The lowest BCUT2D eigenvalue weighted by molar-refractivity contribution is 0.0600. The topological polar surface area (TPSA) is 53.0 Å². The molecule has 1 atom stereocenters. The standard InChI is InChI=1S/C14H20N2O3/c1-15-6-7-16(9-13(15)10-17)12-5-3-4-11(8-12)14(18)19-2/h3-5,8,13,17H,6-7,9-10H2,1-2H3. The van der Waals surface area contributed by atoms with E-state index >= 15 is 0 Å². The molecule has 0 amide bonds. The van der Waals surface area contributed by atoms with Crippen molar-refractivity contribution in [3.8, 4) is 0 Å². The molecular formula is C14H20N2O3. The predicted octanol–water partition coefficient (Wildman–Crippen LogP) is 0.586. The van der Waals surface area contributed by atoms with Gasteiger partial charge in [0.15, 0.2) is 0 Å². The summed E-state index contributed by atoms with van der Waals surface area (Å²) in [6.07, 6.45) is 0. The van der Waals surface area contributed by atoms with Crippen LogP contribution in [0.15, 0.2) is 24.3 Å². The van der Waals surface area contributed by atoms with E-state index in [0.29, 0.717) is 5.56 Å². The molecule has 1 aromatic carbocycles. The van der Waals surface area contributed by atoms with Crippen LogP contribution >= 0.6 is 0 Å². The first kappa shape index (κ1) is 13.8. The number of methoxy groups -OCH3 is 1. The van der Waals surface area contributed by atoms with Gasteiger partial charge in [-0.3, -0.25) is 4.90 Å². The second-order valence-electron chi connectivity index (χ2n) is 4.80. The van der Waals surface area contributed by atoms with Gasteiger partial charge in [-0.1, -0.05) is 6.07 Å². The van der Waals surface area contributed by atoms with Crippen molar-refractivity contribution < 1.29 is 14.6 Å². The fraction of sp³-hybridized carbons (Fsp3) is 0.500. The Kier molecular flexibility index (Phi) is 4.39. The van der Waals surface area contributed by atoms with E-state index in [1.54, 1.807) is 6.07 Å². The van der Waals surface area contributed by atoms with Gasteiger partial charge in [-0.25, -0.2) is 4.79 Å². The molecule has 1 aliphatic rings. The Bertz CT molecular complexity index is 450. The number of anilines is 1. The van der Waals surface area contributed by atoms with Crippen molar-refractivity contribution >= 4 is 11.7 Å². The van der Waals surface area contributed by atoms with Crippen LogP contribution in [0.4, 0.5) is 5.69 Å². The third kappa shape index (κ3) is 3.05. The van der Waals surface area contributed by atoms with Crippen LogP contribution in [0.3, 0.4) is 0 Å². The summed E-state index contributed by atoms with van der Waals surface area (Å²) >= 11 is 0. The molecule has 2 rings (SSSR count). The monoisotopic (exact) mass is 264 g/mol. The van der Waals surface area contributed by atoms with Crippen molar-refractivity contribution in [3.05, 3.63) is 29.8 Å². The Morgan fingerprint density at radius 3 is 2.95 bits per heavy atom. The zero-order chi connectivity index (χ0) is 13.8. The maximum atomic E-state index is 11.5. The molecule has 0 radical (unpaired) electrons. The highest BCUT2D eigenvalue weighted by Gasteiger charge is 2.24. The Morgan fingerprint density at radius 2 is 2.26 bits per heavy atom. The van der Waals surface area contributed by atoms with Gasteiger partial charge in [-0.2, -0.15) is 0 Å². The average Bonchev–Trinajstić information content (AvgIpc) is 2.47. The van der Waals surface area contributed by atoms with E-state index in [0.717, 1.165) is 25.3 Å². The molecule has 5 heteroatoms. The van der Waals surface area contributed by atoms with E-state index in [1.165, 1.54) is 7.11 Å². The number of hydrogen-bond donors (Lipinski definition) is 1. The third-order valence-corrected chi connectivity index (χ3v) is 3.62. The molecule has 1 N–H and O–H groups in total. The summed E-state index contributed by atoms with van der Waals surface area (Å²) in [5.41, 5.74) is 1.55. The van der Waals surface area contributed by atoms with Crippen molar-refractivity contribution in [1.82, 2.24) is 4.90 Å². The molecular weight excluding hydrogens is 244 g/mol. The normalized spacial score (nSPS) is 20.4. The summed E-state index contributed by atoms with van der Waals surface area (Å²) in [4.78, 5) is 15.9. The van der Waals surface area contributed by atoms with Crippen molar-refractivity contribution in [2.75, 3.05) is 45.3 Å². The zero-order valence-corrected chi connectivity index (χ0v) is 11.4. The van der Waals surface area contributed by atoms with Crippen LogP contribution in [-0.2, 0) is 4.74 Å². The lowest BCUT2D eigenvalue weighted by atomic mass is 10.1. The number of esters is 1. The van der Waals surface area contributed by atoms with E-state index in [2.05, 4.69) is 9.80 Å². The SMILES string of the molecule is COC(=O)c1cccc(N2CCN(C)C(CO)C2)c1. The molecule has 1 heterocycles. The number of aliphatic hydroxyl groups excluding tert-OH is 1. The van der Waals surface area contributed by atoms with Crippen LogP contribution in [0, 0.1) is 0 Å². The van der Waals surface area contributed by atoms with E-state index in [-0.39, 0.29) is 18.6 Å². The van der Waals surface area contributed by atoms with E-state index in [9.17, 15) is 9.90 Å². The van der Waals surface area contributed by atoms with Gasteiger partial charge < -0.3 is 14.7 Å². The number of likely N-dealkylation sites (N-methyl/N-ethyl adjacent to an activating group) is 1. The number of hydrogen-bond acceptors (Lipinski definition) is 5. The fourth-order valence-corrected chi connectivity index (χ4v) is 2.33. The third-order valence-electron chi connectivity index (χ3n) is 3.62. The number of ether oxygens (including phenoxy) is 1. The highest BCUT2D eigenvalue weighted by molar-refractivity contribution is 5.90. The Morgan fingerprint density at radius 1 is 1.47 bits per heavy atom.